The first-order valence-corrected chi connectivity index (χ1v) is 10.6. The summed E-state index contributed by atoms with van der Waals surface area (Å²) >= 11 is 3.40. The van der Waals surface area contributed by atoms with Crippen LogP contribution in [-0.2, 0) is 10.0 Å². The topological polar surface area (TPSA) is 40.6 Å². The van der Waals surface area contributed by atoms with Gasteiger partial charge in [0.25, 0.3) is 0 Å². The van der Waals surface area contributed by atoms with Gasteiger partial charge in [-0.1, -0.05) is 18.2 Å². The Morgan fingerprint density at radius 3 is 2.28 bits per heavy atom. The molecule has 1 fully saturated rings. The summed E-state index contributed by atoms with van der Waals surface area (Å²) in [7, 11) is -3.47. The highest BCUT2D eigenvalue weighted by Gasteiger charge is 2.30. The molecule has 0 saturated carbocycles. The highest BCUT2D eigenvalue weighted by Crippen LogP contribution is 2.28. The molecule has 0 unspecified atom stereocenters. The van der Waals surface area contributed by atoms with Crippen molar-refractivity contribution in [2.24, 2.45) is 0 Å². The lowest BCUT2D eigenvalue weighted by Gasteiger charge is -2.36. The Kier molecular flexibility index (Phi) is 5.23. The molecule has 1 aliphatic rings. The molecule has 25 heavy (non-hydrogen) atoms. The minimum atomic E-state index is -3.47. The lowest BCUT2D eigenvalue weighted by Crippen LogP contribution is -2.48. The highest BCUT2D eigenvalue weighted by atomic mass is 79.9. The molecule has 1 saturated heterocycles. The lowest BCUT2D eigenvalue weighted by atomic mass is 10.1. The second-order valence-corrected chi connectivity index (χ2v) is 9.30. The third-order valence-electron chi connectivity index (χ3n) is 4.86. The van der Waals surface area contributed by atoms with E-state index in [-0.39, 0.29) is 0 Å². The molecule has 0 bridgehead atoms. The lowest BCUT2D eigenvalue weighted by molar-refractivity contribution is 0.384. The van der Waals surface area contributed by atoms with Crippen molar-refractivity contribution < 1.29 is 8.42 Å². The fraction of sp³-hybridized carbons (Fsp3) is 0.368. The van der Waals surface area contributed by atoms with Crippen LogP contribution in [0, 0.1) is 20.8 Å². The number of benzene rings is 2. The van der Waals surface area contributed by atoms with Crippen LogP contribution in [0.15, 0.2) is 45.8 Å². The summed E-state index contributed by atoms with van der Waals surface area (Å²) in [6.45, 7) is 8.57. The molecule has 2 aromatic carbocycles. The van der Waals surface area contributed by atoms with Gasteiger partial charge in [0.15, 0.2) is 0 Å². The smallest absolute Gasteiger partial charge is 0.244 e. The number of piperazine rings is 1. The third-order valence-corrected chi connectivity index (χ3v) is 7.74. The number of aryl methyl sites for hydroxylation is 2. The van der Waals surface area contributed by atoms with E-state index in [1.54, 1.807) is 10.4 Å². The molecule has 0 radical (unpaired) electrons. The Morgan fingerprint density at radius 1 is 0.960 bits per heavy atom. The van der Waals surface area contributed by atoms with Gasteiger partial charge in [-0.25, -0.2) is 8.42 Å². The number of rotatable bonds is 3. The average Bonchev–Trinajstić information content (AvgIpc) is 2.57. The van der Waals surface area contributed by atoms with Gasteiger partial charge in [0.05, 0.1) is 4.90 Å². The zero-order valence-electron chi connectivity index (χ0n) is 14.8. The van der Waals surface area contributed by atoms with Crippen LogP contribution < -0.4 is 4.90 Å². The number of hydrogen-bond acceptors (Lipinski definition) is 3. The molecule has 0 atom stereocenters. The third kappa shape index (κ3) is 3.61. The van der Waals surface area contributed by atoms with Crippen molar-refractivity contribution in [1.82, 2.24) is 4.31 Å². The fourth-order valence-electron chi connectivity index (χ4n) is 3.20. The van der Waals surface area contributed by atoms with E-state index >= 15 is 0 Å². The van der Waals surface area contributed by atoms with Crippen LogP contribution in [0.1, 0.15) is 16.7 Å². The maximum atomic E-state index is 13.0. The summed E-state index contributed by atoms with van der Waals surface area (Å²) in [5, 5.41) is 0. The van der Waals surface area contributed by atoms with Gasteiger partial charge in [-0.2, -0.15) is 4.31 Å². The van der Waals surface area contributed by atoms with Crippen molar-refractivity contribution in [1.29, 1.82) is 0 Å². The SMILES string of the molecule is Cc1ccc(S(=O)(=O)N2CCN(c3cccc(C)c3C)CC2)c(Br)c1. The first-order chi connectivity index (χ1) is 11.8. The summed E-state index contributed by atoms with van der Waals surface area (Å²) in [5.74, 6) is 0. The van der Waals surface area contributed by atoms with Crippen molar-refractivity contribution in [3.05, 3.63) is 57.6 Å². The van der Waals surface area contributed by atoms with Gasteiger partial charge in [-0.15, -0.1) is 0 Å². The maximum Gasteiger partial charge on any atom is 0.244 e. The van der Waals surface area contributed by atoms with Crippen molar-refractivity contribution in [2.75, 3.05) is 31.1 Å². The van der Waals surface area contributed by atoms with Crippen molar-refractivity contribution in [3.63, 3.8) is 0 Å². The number of nitrogens with zero attached hydrogens (tertiary/aromatic N) is 2. The largest absolute Gasteiger partial charge is 0.369 e. The van der Waals surface area contributed by atoms with Gasteiger partial charge in [-0.3, -0.25) is 0 Å². The zero-order valence-corrected chi connectivity index (χ0v) is 17.2. The summed E-state index contributed by atoms with van der Waals surface area (Å²) in [6.07, 6.45) is 0. The van der Waals surface area contributed by atoms with Crippen LogP contribution in [0.3, 0.4) is 0 Å². The van der Waals surface area contributed by atoms with Crippen LogP contribution in [0.2, 0.25) is 0 Å². The van der Waals surface area contributed by atoms with Crippen LogP contribution in [0.4, 0.5) is 5.69 Å². The summed E-state index contributed by atoms with van der Waals surface area (Å²) < 4.78 is 28.1. The van der Waals surface area contributed by atoms with Gasteiger partial charge < -0.3 is 4.90 Å². The molecular weight excluding hydrogens is 400 g/mol. The van der Waals surface area contributed by atoms with E-state index in [9.17, 15) is 8.42 Å². The number of halogens is 1. The summed E-state index contributed by atoms with van der Waals surface area (Å²) in [6, 6.07) is 11.6. The summed E-state index contributed by atoms with van der Waals surface area (Å²) in [4.78, 5) is 2.62. The normalized spacial score (nSPS) is 16.2. The number of anilines is 1. The Bertz CT molecular complexity index is 888. The van der Waals surface area contributed by atoms with E-state index in [0.717, 1.165) is 5.56 Å². The van der Waals surface area contributed by atoms with Gasteiger partial charge in [0, 0.05) is 36.3 Å². The van der Waals surface area contributed by atoms with E-state index in [1.165, 1.54) is 16.8 Å². The zero-order chi connectivity index (χ0) is 18.2. The van der Waals surface area contributed by atoms with E-state index in [2.05, 4.69) is 52.9 Å². The van der Waals surface area contributed by atoms with E-state index in [1.807, 2.05) is 19.1 Å². The van der Waals surface area contributed by atoms with Crippen LogP contribution in [-0.4, -0.2) is 38.9 Å². The molecule has 134 valence electrons. The van der Waals surface area contributed by atoms with Crippen molar-refractivity contribution in [3.8, 4) is 0 Å². The van der Waals surface area contributed by atoms with E-state index in [0.29, 0.717) is 35.5 Å². The molecule has 0 aliphatic carbocycles. The molecule has 6 heteroatoms. The molecule has 0 amide bonds. The predicted molar refractivity (Wildman–Crippen MR) is 106 cm³/mol. The van der Waals surface area contributed by atoms with Gasteiger partial charge in [-0.05, 0) is 71.6 Å². The molecule has 1 heterocycles. The Balaban J connectivity index is 1.78. The van der Waals surface area contributed by atoms with Gasteiger partial charge >= 0.3 is 0 Å². The molecule has 4 nitrogen and oxygen atoms in total. The molecule has 2 aromatic rings. The standard InChI is InChI=1S/C19H23BrN2O2S/c1-14-7-8-19(17(20)13-14)25(23,24)22-11-9-21(10-12-22)18-6-4-5-15(2)16(18)3/h4-8,13H,9-12H2,1-3H3. The number of sulfonamides is 1. The average molecular weight is 423 g/mol. The van der Waals surface area contributed by atoms with Crippen molar-refractivity contribution in [2.45, 2.75) is 25.7 Å². The predicted octanol–water partition coefficient (Wildman–Crippen LogP) is 3.89. The maximum absolute atomic E-state index is 13.0. The molecule has 0 N–H and O–H groups in total. The van der Waals surface area contributed by atoms with Gasteiger partial charge in [0.2, 0.25) is 10.0 Å². The Labute approximate surface area is 158 Å². The summed E-state index contributed by atoms with van der Waals surface area (Å²) in [5.41, 5.74) is 4.76. The highest BCUT2D eigenvalue weighted by molar-refractivity contribution is 9.10. The van der Waals surface area contributed by atoms with Crippen LogP contribution in [0.5, 0.6) is 0 Å². The molecule has 3 rings (SSSR count). The van der Waals surface area contributed by atoms with E-state index in [4.69, 9.17) is 0 Å². The van der Waals surface area contributed by atoms with Crippen LogP contribution in [0.25, 0.3) is 0 Å². The Morgan fingerprint density at radius 2 is 1.64 bits per heavy atom. The minimum Gasteiger partial charge on any atom is -0.369 e. The second-order valence-electron chi connectivity index (χ2n) is 6.54. The fourth-order valence-corrected chi connectivity index (χ4v) is 5.78. The molecular formula is C19H23BrN2O2S. The molecule has 0 spiro atoms. The first kappa shape index (κ1) is 18.4. The number of hydrogen-bond donors (Lipinski definition) is 0. The second kappa shape index (κ2) is 7.09. The van der Waals surface area contributed by atoms with E-state index < -0.39 is 10.0 Å². The Hall–Kier alpha value is -1.37. The van der Waals surface area contributed by atoms with Crippen molar-refractivity contribution >= 4 is 31.6 Å². The monoisotopic (exact) mass is 422 g/mol. The molecule has 1 aliphatic heterocycles. The van der Waals surface area contributed by atoms with Crippen LogP contribution >= 0.6 is 15.9 Å². The van der Waals surface area contributed by atoms with Gasteiger partial charge in [0.1, 0.15) is 0 Å². The first-order valence-electron chi connectivity index (χ1n) is 8.38. The molecule has 0 aromatic heterocycles. The quantitative estimate of drug-likeness (QED) is 0.752. The minimum absolute atomic E-state index is 0.346.